The van der Waals surface area contributed by atoms with E-state index in [9.17, 15) is 4.39 Å². The number of aromatic nitrogens is 2. The Morgan fingerprint density at radius 2 is 1.12 bits per heavy atom. The summed E-state index contributed by atoms with van der Waals surface area (Å²) in [6.45, 7) is 0. The summed E-state index contributed by atoms with van der Waals surface area (Å²) in [5.41, 5.74) is 9.91. The Labute approximate surface area is 246 Å². The Morgan fingerprint density at radius 1 is 0.500 bits per heavy atom. The van der Waals surface area contributed by atoms with Gasteiger partial charge in [-0.1, -0.05) is 91.0 Å². The van der Waals surface area contributed by atoms with Crippen LogP contribution in [0.15, 0.2) is 140 Å². The quantitative estimate of drug-likeness (QED) is 0.215. The molecule has 5 aromatic carbocycles. The second-order valence-electron chi connectivity index (χ2n) is 10.4. The minimum Gasteiger partial charge on any atom is -0.256 e. The lowest BCUT2D eigenvalue weighted by molar-refractivity contribution is 0.628. The van der Waals surface area contributed by atoms with E-state index in [1.165, 1.54) is 38.7 Å². The van der Waals surface area contributed by atoms with Crippen LogP contribution >= 0.6 is 11.3 Å². The highest BCUT2D eigenvalue weighted by Crippen LogP contribution is 2.39. The number of pyridine rings is 2. The van der Waals surface area contributed by atoms with Crippen molar-refractivity contribution in [1.29, 1.82) is 0 Å². The Morgan fingerprint density at radius 3 is 1.88 bits per heavy atom. The molecular formula is C38H23FN2S. The molecule has 42 heavy (non-hydrogen) atoms. The molecule has 0 aliphatic rings. The van der Waals surface area contributed by atoms with Crippen molar-refractivity contribution in [2.45, 2.75) is 0 Å². The maximum atomic E-state index is 13.3. The van der Waals surface area contributed by atoms with Gasteiger partial charge in [-0.25, -0.2) is 9.37 Å². The SMILES string of the molecule is Fc1ccc(-c2ccc(-c3ccc4cc(-c5ccc(-c6cccc7c6sc6ncccc67)cc5)cnc4c3)cc2)cc1. The van der Waals surface area contributed by atoms with E-state index in [4.69, 9.17) is 4.98 Å². The summed E-state index contributed by atoms with van der Waals surface area (Å²) in [5.74, 6) is -0.224. The molecule has 4 heteroatoms. The first-order valence-corrected chi connectivity index (χ1v) is 14.6. The first kappa shape index (κ1) is 24.6. The molecule has 2 nitrogen and oxygen atoms in total. The number of benzene rings is 5. The van der Waals surface area contributed by atoms with Gasteiger partial charge in [0.25, 0.3) is 0 Å². The molecular weight excluding hydrogens is 535 g/mol. The average molecular weight is 559 g/mol. The molecule has 3 aromatic heterocycles. The Kier molecular flexibility index (Phi) is 5.87. The first-order valence-electron chi connectivity index (χ1n) is 13.8. The zero-order chi connectivity index (χ0) is 28.0. The predicted octanol–water partition coefficient (Wildman–Crippen LogP) is 10.8. The standard InChI is InChI=1S/C38H23FN2S/c39-32-18-16-25(17-19-32)24-6-8-26(9-7-24)29-14-15-30-21-31(23-41-36(30)22-29)27-10-12-28(13-11-27)33-3-1-4-34-35-5-2-20-40-38(35)42-37(33)34/h1-23H. The van der Waals surface area contributed by atoms with Crippen LogP contribution in [0.25, 0.3) is 75.7 Å². The molecule has 0 bridgehead atoms. The molecule has 0 fully saturated rings. The summed E-state index contributed by atoms with van der Waals surface area (Å²) in [6.07, 6.45) is 3.82. The van der Waals surface area contributed by atoms with E-state index in [1.807, 2.05) is 18.5 Å². The third-order valence-electron chi connectivity index (χ3n) is 7.88. The fraction of sp³-hybridized carbons (Fsp3) is 0. The number of hydrogen-bond donors (Lipinski definition) is 0. The third kappa shape index (κ3) is 4.33. The molecule has 0 atom stereocenters. The Balaban J connectivity index is 1.07. The topological polar surface area (TPSA) is 25.8 Å². The predicted molar refractivity (Wildman–Crippen MR) is 174 cm³/mol. The van der Waals surface area contributed by atoms with Gasteiger partial charge in [0.05, 0.1) is 5.52 Å². The normalized spacial score (nSPS) is 11.5. The van der Waals surface area contributed by atoms with Gasteiger partial charge in [0.2, 0.25) is 0 Å². The second kappa shape index (κ2) is 10.0. The van der Waals surface area contributed by atoms with Gasteiger partial charge in [-0.2, -0.15) is 0 Å². The van der Waals surface area contributed by atoms with E-state index >= 15 is 0 Å². The Bertz CT molecular complexity index is 2230. The molecule has 3 heterocycles. The van der Waals surface area contributed by atoms with Crippen molar-refractivity contribution in [3.05, 3.63) is 146 Å². The lowest BCUT2D eigenvalue weighted by atomic mass is 9.98. The van der Waals surface area contributed by atoms with Gasteiger partial charge < -0.3 is 0 Å². The van der Waals surface area contributed by atoms with Crippen LogP contribution in [0.5, 0.6) is 0 Å². The summed E-state index contributed by atoms with van der Waals surface area (Å²) in [5, 5.41) is 3.57. The summed E-state index contributed by atoms with van der Waals surface area (Å²) in [6, 6.07) is 43.0. The maximum Gasteiger partial charge on any atom is 0.124 e. The Hall–Kier alpha value is -5.19. The van der Waals surface area contributed by atoms with Crippen molar-refractivity contribution in [3.8, 4) is 44.5 Å². The zero-order valence-electron chi connectivity index (χ0n) is 22.5. The van der Waals surface area contributed by atoms with Crippen molar-refractivity contribution in [1.82, 2.24) is 9.97 Å². The minimum absolute atomic E-state index is 0.224. The number of nitrogens with zero attached hydrogens (tertiary/aromatic N) is 2. The van der Waals surface area contributed by atoms with Crippen LogP contribution in [0.2, 0.25) is 0 Å². The largest absolute Gasteiger partial charge is 0.256 e. The molecule has 0 radical (unpaired) electrons. The zero-order valence-corrected chi connectivity index (χ0v) is 23.3. The molecule has 8 rings (SSSR count). The monoisotopic (exact) mass is 558 g/mol. The van der Waals surface area contributed by atoms with Gasteiger partial charge in [0.1, 0.15) is 10.6 Å². The van der Waals surface area contributed by atoms with E-state index in [-0.39, 0.29) is 5.82 Å². The third-order valence-corrected chi connectivity index (χ3v) is 9.05. The number of thiophene rings is 1. The van der Waals surface area contributed by atoms with E-state index in [0.29, 0.717) is 0 Å². The highest BCUT2D eigenvalue weighted by atomic mass is 32.1. The first-order chi connectivity index (χ1) is 20.7. The lowest BCUT2D eigenvalue weighted by Gasteiger charge is -2.09. The molecule has 0 amide bonds. The molecule has 198 valence electrons. The summed E-state index contributed by atoms with van der Waals surface area (Å²) in [4.78, 5) is 10.5. The van der Waals surface area contributed by atoms with Gasteiger partial charge in [-0.05, 0) is 75.3 Å². The fourth-order valence-corrected chi connectivity index (χ4v) is 6.84. The van der Waals surface area contributed by atoms with Gasteiger partial charge in [-0.3, -0.25) is 4.98 Å². The molecule has 0 unspecified atom stereocenters. The van der Waals surface area contributed by atoms with Crippen molar-refractivity contribution in [2.24, 2.45) is 0 Å². The van der Waals surface area contributed by atoms with Crippen molar-refractivity contribution >= 4 is 42.5 Å². The molecule has 0 spiro atoms. The van der Waals surface area contributed by atoms with Crippen LogP contribution in [0, 0.1) is 5.82 Å². The lowest BCUT2D eigenvalue weighted by Crippen LogP contribution is -1.86. The summed E-state index contributed by atoms with van der Waals surface area (Å²) >= 11 is 1.75. The van der Waals surface area contributed by atoms with Gasteiger partial charge >= 0.3 is 0 Å². The summed E-state index contributed by atoms with van der Waals surface area (Å²) in [7, 11) is 0. The maximum absolute atomic E-state index is 13.3. The molecule has 8 aromatic rings. The number of fused-ring (bicyclic) bond motifs is 4. The van der Waals surface area contributed by atoms with E-state index in [2.05, 4.69) is 102 Å². The van der Waals surface area contributed by atoms with E-state index in [1.54, 1.807) is 23.5 Å². The molecule has 0 aliphatic heterocycles. The summed E-state index contributed by atoms with van der Waals surface area (Å²) < 4.78 is 14.6. The van der Waals surface area contributed by atoms with Crippen LogP contribution in [-0.4, -0.2) is 9.97 Å². The highest BCUT2D eigenvalue weighted by Gasteiger charge is 2.11. The van der Waals surface area contributed by atoms with Gasteiger partial charge in [0, 0.05) is 38.8 Å². The highest BCUT2D eigenvalue weighted by molar-refractivity contribution is 7.26. The van der Waals surface area contributed by atoms with Crippen LogP contribution in [0.3, 0.4) is 0 Å². The molecule has 0 N–H and O–H groups in total. The van der Waals surface area contributed by atoms with Crippen LogP contribution in [0.4, 0.5) is 4.39 Å². The molecule has 0 saturated carbocycles. The minimum atomic E-state index is -0.224. The molecule has 0 saturated heterocycles. The van der Waals surface area contributed by atoms with Crippen molar-refractivity contribution in [3.63, 3.8) is 0 Å². The smallest absolute Gasteiger partial charge is 0.124 e. The van der Waals surface area contributed by atoms with Crippen LogP contribution in [0.1, 0.15) is 0 Å². The van der Waals surface area contributed by atoms with Gasteiger partial charge in [0.15, 0.2) is 0 Å². The van der Waals surface area contributed by atoms with E-state index < -0.39 is 0 Å². The second-order valence-corrected chi connectivity index (χ2v) is 11.4. The number of hydrogen-bond acceptors (Lipinski definition) is 3. The number of rotatable bonds is 4. The van der Waals surface area contributed by atoms with Crippen molar-refractivity contribution < 1.29 is 4.39 Å². The van der Waals surface area contributed by atoms with Gasteiger partial charge in [-0.15, -0.1) is 11.3 Å². The van der Waals surface area contributed by atoms with E-state index in [0.717, 1.165) is 49.1 Å². The average Bonchev–Trinajstić information content (AvgIpc) is 3.44. The van der Waals surface area contributed by atoms with Crippen LogP contribution in [-0.2, 0) is 0 Å². The van der Waals surface area contributed by atoms with Crippen LogP contribution < -0.4 is 0 Å². The molecule has 0 aliphatic carbocycles. The van der Waals surface area contributed by atoms with Crippen molar-refractivity contribution in [2.75, 3.05) is 0 Å². The number of halogens is 1. The fourth-order valence-electron chi connectivity index (χ4n) is 5.66.